The monoisotopic (exact) mass is 441 g/mol. The molecule has 166 valence electrons. The van der Waals surface area contributed by atoms with Gasteiger partial charge in [0.05, 0.1) is 7.11 Å². The number of fused-ring (bicyclic) bond motifs is 3. The van der Waals surface area contributed by atoms with E-state index in [9.17, 15) is 9.18 Å². The molecule has 1 atom stereocenters. The second-order valence-corrected chi connectivity index (χ2v) is 8.22. The van der Waals surface area contributed by atoms with Gasteiger partial charge >= 0.3 is 0 Å². The topological polar surface area (TPSA) is 38.8 Å². The van der Waals surface area contributed by atoms with Gasteiger partial charge in [-0.25, -0.2) is 4.39 Å². The number of ether oxygens (including phenoxy) is 2. The van der Waals surface area contributed by atoms with Crippen molar-refractivity contribution in [3.05, 3.63) is 101 Å². The lowest BCUT2D eigenvalue weighted by atomic mass is 9.81. The Bertz CT molecular complexity index is 1350. The molecule has 0 saturated carbocycles. The lowest BCUT2D eigenvalue weighted by Gasteiger charge is -2.33. The fraction of sp³-hybridized carbons (Fsp3) is 0.179. The second kappa shape index (κ2) is 8.58. The zero-order valence-corrected chi connectivity index (χ0v) is 18.5. The summed E-state index contributed by atoms with van der Waals surface area (Å²) in [5, 5.41) is 2.28. The molecule has 0 aromatic heterocycles. The van der Waals surface area contributed by atoms with Crippen LogP contribution in [0.4, 0.5) is 10.1 Å². The quantitative estimate of drug-likeness (QED) is 0.378. The molecule has 1 aliphatic heterocycles. The van der Waals surface area contributed by atoms with Crippen LogP contribution < -0.4 is 14.4 Å². The first-order valence-electron chi connectivity index (χ1n) is 10.9. The summed E-state index contributed by atoms with van der Waals surface area (Å²) in [6.07, 6.45) is 0.371. The third-order valence-electron chi connectivity index (χ3n) is 6.34. The summed E-state index contributed by atoms with van der Waals surface area (Å²) in [6.45, 7) is 0.0998. The number of anilines is 1. The molecule has 0 fully saturated rings. The Labute approximate surface area is 192 Å². The molecule has 1 amide bonds. The van der Waals surface area contributed by atoms with Crippen LogP contribution in [0.3, 0.4) is 0 Å². The number of methoxy groups -OCH3 is 1. The van der Waals surface area contributed by atoms with Crippen LogP contribution in [0.2, 0.25) is 0 Å². The van der Waals surface area contributed by atoms with Gasteiger partial charge in [-0.05, 0) is 46.2 Å². The van der Waals surface area contributed by atoms with E-state index < -0.39 is 0 Å². The van der Waals surface area contributed by atoms with Gasteiger partial charge in [0.2, 0.25) is 5.91 Å². The molecule has 0 spiro atoms. The molecule has 0 saturated heterocycles. The van der Waals surface area contributed by atoms with Crippen LogP contribution in [0.15, 0.2) is 78.9 Å². The largest absolute Gasteiger partial charge is 0.493 e. The molecule has 1 unspecified atom stereocenters. The minimum Gasteiger partial charge on any atom is -0.493 e. The highest BCUT2D eigenvalue weighted by Crippen LogP contribution is 2.45. The Morgan fingerprint density at radius 1 is 0.970 bits per heavy atom. The summed E-state index contributed by atoms with van der Waals surface area (Å²) >= 11 is 0. The Morgan fingerprint density at radius 3 is 2.58 bits per heavy atom. The van der Waals surface area contributed by atoms with Crippen LogP contribution in [0.1, 0.15) is 29.0 Å². The van der Waals surface area contributed by atoms with Crippen LogP contribution in [0.5, 0.6) is 11.5 Å². The molecule has 0 bridgehead atoms. The minimum atomic E-state index is -0.304. The fourth-order valence-electron chi connectivity index (χ4n) is 4.57. The summed E-state index contributed by atoms with van der Waals surface area (Å²) in [5.41, 5.74) is 3.51. The van der Waals surface area contributed by atoms with Gasteiger partial charge in [-0.2, -0.15) is 0 Å². The first-order chi connectivity index (χ1) is 16.1. The van der Waals surface area contributed by atoms with Crippen molar-refractivity contribution in [2.45, 2.75) is 18.9 Å². The zero-order valence-electron chi connectivity index (χ0n) is 18.5. The van der Waals surface area contributed by atoms with Crippen molar-refractivity contribution in [1.82, 2.24) is 0 Å². The number of hydrogen-bond donors (Lipinski definition) is 0. The van der Waals surface area contributed by atoms with Crippen LogP contribution >= 0.6 is 0 Å². The Hall–Kier alpha value is -3.86. The average Bonchev–Trinajstić information content (AvgIpc) is 2.85. The van der Waals surface area contributed by atoms with Gasteiger partial charge in [-0.1, -0.05) is 54.6 Å². The molecule has 4 nitrogen and oxygen atoms in total. The summed E-state index contributed by atoms with van der Waals surface area (Å²) in [6, 6.07) is 24.6. The molecule has 1 heterocycles. The van der Waals surface area contributed by atoms with E-state index in [1.54, 1.807) is 30.2 Å². The lowest BCUT2D eigenvalue weighted by Crippen LogP contribution is -2.33. The third-order valence-corrected chi connectivity index (χ3v) is 6.34. The predicted molar refractivity (Wildman–Crippen MR) is 128 cm³/mol. The molecule has 1 aliphatic rings. The van der Waals surface area contributed by atoms with Crippen molar-refractivity contribution in [2.24, 2.45) is 0 Å². The summed E-state index contributed by atoms with van der Waals surface area (Å²) in [4.78, 5) is 14.6. The highest BCUT2D eigenvalue weighted by molar-refractivity contribution is 6.02. The van der Waals surface area contributed by atoms with Crippen LogP contribution in [-0.4, -0.2) is 20.1 Å². The summed E-state index contributed by atoms with van der Waals surface area (Å²) < 4.78 is 25.5. The number of amides is 1. The van der Waals surface area contributed by atoms with Gasteiger partial charge in [-0.3, -0.25) is 4.79 Å². The van der Waals surface area contributed by atoms with Gasteiger partial charge < -0.3 is 14.4 Å². The molecule has 0 aliphatic carbocycles. The SMILES string of the molecule is COc1cc(C2CC(=O)N(C)c3ccc4ccccc4c32)ccc1OCc1ccccc1F. The van der Waals surface area contributed by atoms with Crippen LogP contribution in [0, 0.1) is 5.82 Å². The standard InChI is InChI=1S/C28H24FNO3/c1-30-24-13-11-18-7-3-5-9-21(18)28(24)22(16-27(30)31)19-12-14-25(26(15-19)32-2)33-17-20-8-4-6-10-23(20)29/h3-15,22H,16-17H2,1-2H3. The highest BCUT2D eigenvalue weighted by Gasteiger charge is 2.32. The third kappa shape index (κ3) is 3.80. The fourth-order valence-corrected chi connectivity index (χ4v) is 4.57. The van der Waals surface area contributed by atoms with Crippen molar-refractivity contribution >= 4 is 22.4 Å². The number of nitrogens with zero attached hydrogens (tertiary/aromatic N) is 1. The second-order valence-electron chi connectivity index (χ2n) is 8.22. The van der Waals surface area contributed by atoms with Crippen LogP contribution in [0.25, 0.3) is 10.8 Å². The maximum Gasteiger partial charge on any atom is 0.227 e. The van der Waals surface area contributed by atoms with E-state index in [2.05, 4.69) is 18.2 Å². The average molecular weight is 442 g/mol. The molecule has 5 rings (SSSR count). The molecule has 33 heavy (non-hydrogen) atoms. The van der Waals surface area contributed by atoms with E-state index in [-0.39, 0.29) is 24.2 Å². The van der Waals surface area contributed by atoms with E-state index in [1.165, 1.54) is 6.07 Å². The zero-order chi connectivity index (χ0) is 22.9. The van der Waals surface area contributed by atoms with Crippen molar-refractivity contribution in [2.75, 3.05) is 19.1 Å². The summed E-state index contributed by atoms with van der Waals surface area (Å²) in [7, 11) is 3.41. The molecule has 4 aromatic rings. The van der Waals surface area contributed by atoms with Gasteiger partial charge in [0.25, 0.3) is 0 Å². The minimum absolute atomic E-state index is 0.0710. The number of rotatable bonds is 5. The van der Waals surface area contributed by atoms with E-state index >= 15 is 0 Å². The molecule has 5 heteroatoms. The molecular weight excluding hydrogens is 417 g/mol. The number of carbonyl (C=O) groups is 1. The lowest BCUT2D eigenvalue weighted by molar-refractivity contribution is -0.118. The smallest absolute Gasteiger partial charge is 0.227 e. The Kier molecular flexibility index (Phi) is 5.47. The normalized spacial score (nSPS) is 15.4. The van der Waals surface area contributed by atoms with Crippen molar-refractivity contribution in [3.63, 3.8) is 0 Å². The van der Waals surface area contributed by atoms with Crippen LogP contribution in [-0.2, 0) is 11.4 Å². The number of carbonyl (C=O) groups excluding carboxylic acids is 1. The van der Waals surface area contributed by atoms with E-state index in [1.807, 2.05) is 43.4 Å². The maximum absolute atomic E-state index is 14.0. The number of hydrogen-bond acceptors (Lipinski definition) is 3. The molecule has 4 aromatic carbocycles. The molecule has 0 N–H and O–H groups in total. The maximum atomic E-state index is 14.0. The van der Waals surface area contributed by atoms with Gasteiger partial charge in [-0.15, -0.1) is 0 Å². The molecule has 0 radical (unpaired) electrons. The van der Waals surface area contributed by atoms with Gasteiger partial charge in [0, 0.05) is 30.6 Å². The van der Waals surface area contributed by atoms with Crippen molar-refractivity contribution in [1.29, 1.82) is 0 Å². The highest BCUT2D eigenvalue weighted by atomic mass is 19.1. The summed E-state index contributed by atoms with van der Waals surface area (Å²) in [5.74, 6) is 0.742. The van der Waals surface area contributed by atoms with Gasteiger partial charge in [0.15, 0.2) is 11.5 Å². The van der Waals surface area contributed by atoms with Gasteiger partial charge in [0.1, 0.15) is 12.4 Å². The number of benzene rings is 4. The first-order valence-corrected chi connectivity index (χ1v) is 10.9. The van der Waals surface area contributed by atoms with Crippen molar-refractivity contribution in [3.8, 4) is 11.5 Å². The first kappa shape index (κ1) is 21.0. The van der Waals surface area contributed by atoms with E-state index in [4.69, 9.17) is 9.47 Å². The Balaban J connectivity index is 1.53. The van der Waals surface area contributed by atoms with E-state index in [0.29, 0.717) is 23.5 Å². The molecular formula is C28H24FNO3. The van der Waals surface area contributed by atoms with Crippen molar-refractivity contribution < 1.29 is 18.7 Å². The Morgan fingerprint density at radius 2 is 1.76 bits per heavy atom. The number of halogens is 1. The van der Waals surface area contributed by atoms with E-state index in [0.717, 1.165) is 27.6 Å². The predicted octanol–water partition coefficient (Wildman–Crippen LogP) is 6.06.